The number of para-hydroxylation sites is 1. The lowest BCUT2D eigenvalue weighted by Crippen LogP contribution is -2.29. The molecule has 0 aliphatic carbocycles. The van der Waals surface area contributed by atoms with Crippen LogP contribution in [0.25, 0.3) is 0 Å². The van der Waals surface area contributed by atoms with Gasteiger partial charge in [-0.3, -0.25) is 0 Å². The van der Waals surface area contributed by atoms with Crippen molar-refractivity contribution in [3.8, 4) is 0 Å². The summed E-state index contributed by atoms with van der Waals surface area (Å²) in [5.41, 5.74) is 2.56. The summed E-state index contributed by atoms with van der Waals surface area (Å²) in [5, 5.41) is 8.54. The predicted molar refractivity (Wildman–Crippen MR) is 94.4 cm³/mol. The first-order valence-electron chi connectivity index (χ1n) is 8.56. The van der Waals surface area contributed by atoms with Crippen LogP contribution in [0.4, 0.5) is 17.5 Å². The van der Waals surface area contributed by atoms with Crippen LogP contribution in [0.2, 0.25) is 0 Å². The van der Waals surface area contributed by atoms with E-state index >= 15 is 0 Å². The summed E-state index contributed by atoms with van der Waals surface area (Å²) in [5.74, 6) is 1.63. The molecule has 5 heteroatoms. The highest BCUT2D eigenvalue weighted by Gasteiger charge is 2.29. The fourth-order valence-electron chi connectivity index (χ4n) is 3.29. The SMILES string of the molecule is CCCN(CCC)c1cnnc(N2c3ccccc3CC2C)n1. The Morgan fingerprint density at radius 3 is 2.65 bits per heavy atom. The van der Waals surface area contributed by atoms with Gasteiger partial charge in [-0.2, -0.15) is 10.1 Å². The molecule has 0 N–H and O–H groups in total. The Kier molecular flexibility index (Phi) is 4.74. The van der Waals surface area contributed by atoms with Crippen LogP contribution in [-0.2, 0) is 6.42 Å². The fourth-order valence-corrected chi connectivity index (χ4v) is 3.29. The monoisotopic (exact) mass is 311 g/mol. The second-order valence-electron chi connectivity index (χ2n) is 6.15. The van der Waals surface area contributed by atoms with Crippen LogP contribution in [0.1, 0.15) is 39.2 Å². The van der Waals surface area contributed by atoms with Crippen molar-refractivity contribution in [2.24, 2.45) is 0 Å². The van der Waals surface area contributed by atoms with Gasteiger partial charge in [-0.15, -0.1) is 5.10 Å². The van der Waals surface area contributed by atoms with Gasteiger partial charge in [0.1, 0.15) is 0 Å². The number of aromatic nitrogens is 3. The van der Waals surface area contributed by atoms with E-state index in [-0.39, 0.29) is 0 Å². The molecule has 2 heterocycles. The molecule has 2 aromatic rings. The minimum absolute atomic E-state index is 0.357. The minimum Gasteiger partial charge on any atom is -0.355 e. The van der Waals surface area contributed by atoms with Crippen molar-refractivity contribution in [2.75, 3.05) is 22.9 Å². The standard InChI is InChI=1S/C18H25N5/c1-4-10-22(11-5-2)17-13-19-21-18(20-17)23-14(3)12-15-8-6-7-9-16(15)23/h6-9,13-14H,4-5,10-12H2,1-3H3. The minimum atomic E-state index is 0.357. The zero-order valence-corrected chi connectivity index (χ0v) is 14.2. The van der Waals surface area contributed by atoms with E-state index in [0.717, 1.165) is 38.2 Å². The second-order valence-corrected chi connectivity index (χ2v) is 6.15. The normalized spacial score (nSPS) is 16.5. The Morgan fingerprint density at radius 1 is 1.17 bits per heavy atom. The Bertz CT molecular complexity index is 651. The first-order valence-corrected chi connectivity index (χ1v) is 8.56. The van der Waals surface area contributed by atoms with Crippen molar-refractivity contribution in [1.29, 1.82) is 0 Å². The third-order valence-corrected chi connectivity index (χ3v) is 4.27. The molecule has 5 nitrogen and oxygen atoms in total. The molecule has 1 aromatic heterocycles. The summed E-state index contributed by atoms with van der Waals surface area (Å²) >= 11 is 0. The molecule has 0 bridgehead atoms. The van der Waals surface area contributed by atoms with Gasteiger partial charge in [-0.25, -0.2) is 0 Å². The molecule has 3 rings (SSSR count). The van der Waals surface area contributed by atoms with E-state index in [2.05, 4.69) is 65.0 Å². The lowest BCUT2D eigenvalue weighted by atomic mass is 10.1. The fraction of sp³-hybridized carbons (Fsp3) is 0.500. The number of nitrogens with zero attached hydrogens (tertiary/aromatic N) is 5. The quantitative estimate of drug-likeness (QED) is 0.816. The van der Waals surface area contributed by atoms with Gasteiger partial charge in [0.2, 0.25) is 0 Å². The van der Waals surface area contributed by atoms with Gasteiger partial charge in [0.25, 0.3) is 5.95 Å². The highest BCUT2D eigenvalue weighted by Crippen LogP contribution is 2.36. The maximum absolute atomic E-state index is 4.82. The van der Waals surface area contributed by atoms with Gasteiger partial charge in [-0.05, 0) is 37.8 Å². The zero-order chi connectivity index (χ0) is 16.2. The van der Waals surface area contributed by atoms with Gasteiger partial charge in [0, 0.05) is 24.8 Å². The van der Waals surface area contributed by atoms with Crippen LogP contribution < -0.4 is 9.80 Å². The van der Waals surface area contributed by atoms with E-state index in [9.17, 15) is 0 Å². The van der Waals surface area contributed by atoms with E-state index in [1.807, 2.05) is 0 Å². The van der Waals surface area contributed by atoms with Gasteiger partial charge in [0.05, 0.1) is 6.20 Å². The first-order chi connectivity index (χ1) is 11.2. The summed E-state index contributed by atoms with van der Waals surface area (Å²) < 4.78 is 0. The maximum atomic E-state index is 4.82. The lowest BCUT2D eigenvalue weighted by Gasteiger charge is -2.25. The number of hydrogen-bond donors (Lipinski definition) is 0. The summed E-state index contributed by atoms with van der Waals surface area (Å²) in [6, 6.07) is 8.85. The van der Waals surface area contributed by atoms with Crippen LogP contribution >= 0.6 is 0 Å². The summed E-state index contributed by atoms with van der Waals surface area (Å²) in [6.45, 7) is 8.59. The number of benzene rings is 1. The van der Waals surface area contributed by atoms with Gasteiger partial charge in [0.15, 0.2) is 5.82 Å². The molecular formula is C18H25N5. The Labute approximate surface area is 138 Å². The molecule has 1 aliphatic heterocycles. The molecular weight excluding hydrogens is 286 g/mol. The second kappa shape index (κ2) is 6.94. The molecule has 1 aromatic carbocycles. The lowest BCUT2D eigenvalue weighted by molar-refractivity contribution is 0.706. The van der Waals surface area contributed by atoms with Crippen LogP contribution in [0, 0.1) is 0 Å². The van der Waals surface area contributed by atoms with Gasteiger partial charge in [-0.1, -0.05) is 32.0 Å². The largest absolute Gasteiger partial charge is 0.355 e. The first kappa shape index (κ1) is 15.7. The van der Waals surface area contributed by atoms with Crippen molar-refractivity contribution in [2.45, 2.75) is 46.1 Å². The molecule has 0 saturated carbocycles. The Hall–Kier alpha value is -2.17. The van der Waals surface area contributed by atoms with Crippen LogP contribution in [0.15, 0.2) is 30.5 Å². The van der Waals surface area contributed by atoms with Crippen molar-refractivity contribution >= 4 is 17.5 Å². The van der Waals surface area contributed by atoms with E-state index in [1.54, 1.807) is 6.20 Å². The highest BCUT2D eigenvalue weighted by atomic mass is 15.4. The summed E-state index contributed by atoms with van der Waals surface area (Å²) in [6.07, 6.45) is 5.00. The topological polar surface area (TPSA) is 45.2 Å². The highest BCUT2D eigenvalue weighted by molar-refractivity contribution is 5.67. The van der Waals surface area contributed by atoms with Crippen LogP contribution in [0.5, 0.6) is 0 Å². The van der Waals surface area contributed by atoms with Crippen molar-refractivity contribution in [1.82, 2.24) is 15.2 Å². The summed E-state index contributed by atoms with van der Waals surface area (Å²) in [7, 11) is 0. The third-order valence-electron chi connectivity index (χ3n) is 4.27. The number of rotatable bonds is 6. The van der Waals surface area contributed by atoms with Gasteiger partial charge < -0.3 is 9.80 Å². The van der Waals surface area contributed by atoms with Crippen molar-refractivity contribution in [3.05, 3.63) is 36.0 Å². The number of hydrogen-bond acceptors (Lipinski definition) is 5. The van der Waals surface area contributed by atoms with E-state index in [0.29, 0.717) is 12.0 Å². The van der Waals surface area contributed by atoms with E-state index < -0.39 is 0 Å². The number of fused-ring (bicyclic) bond motifs is 1. The molecule has 1 aliphatic rings. The molecule has 0 fully saturated rings. The third kappa shape index (κ3) is 3.14. The molecule has 23 heavy (non-hydrogen) atoms. The molecule has 0 spiro atoms. The molecule has 0 amide bonds. The van der Waals surface area contributed by atoms with Gasteiger partial charge >= 0.3 is 0 Å². The Morgan fingerprint density at radius 2 is 1.91 bits per heavy atom. The van der Waals surface area contributed by atoms with Crippen LogP contribution in [0.3, 0.4) is 0 Å². The van der Waals surface area contributed by atoms with E-state index in [4.69, 9.17) is 4.98 Å². The Balaban J connectivity index is 1.93. The molecule has 1 atom stereocenters. The maximum Gasteiger partial charge on any atom is 0.252 e. The zero-order valence-electron chi connectivity index (χ0n) is 14.2. The van der Waals surface area contributed by atoms with Crippen molar-refractivity contribution in [3.63, 3.8) is 0 Å². The van der Waals surface area contributed by atoms with E-state index in [1.165, 1.54) is 11.3 Å². The predicted octanol–water partition coefficient (Wildman–Crippen LogP) is 3.58. The average molecular weight is 311 g/mol. The smallest absolute Gasteiger partial charge is 0.252 e. The molecule has 122 valence electrons. The summed E-state index contributed by atoms with van der Waals surface area (Å²) in [4.78, 5) is 9.33. The van der Waals surface area contributed by atoms with Crippen molar-refractivity contribution < 1.29 is 0 Å². The number of anilines is 3. The molecule has 1 unspecified atom stereocenters. The molecule has 0 radical (unpaired) electrons. The van der Waals surface area contributed by atoms with Crippen LogP contribution in [-0.4, -0.2) is 34.3 Å². The molecule has 0 saturated heterocycles. The average Bonchev–Trinajstić information content (AvgIpc) is 2.90.